The van der Waals surface area contributed by atoms with Gasteiger partial charge in [0.2, 0.25) is 0 Å². The minimum atomic E-state index is -0.179. The van der Waals surface area contributed by atoms with Crippen LogP contribution >= 0.6 is 0 Å². The van der Waals surface area contributed by atoms with Crippen LogP contribution in [0.2, 0.25) is 0 Å². The van der Waals surface area contributed by atoms with Crippen LogP contribution in [0, 0.1) is 5.92 Å². The fourth-order valence-corrected chi connectivity index (χ4v) is 2.38. The highest BCUT2D eigenvalue weighted by atomic mass is 16.3. The predicted octanol–water partition coefficient (Wildman–Crippen LogP) is 0.926. The van der Waals surface area contributed by atoms with Crippen LogP contribution in [-0.2, 0) is 0 Å². The summed E-state index contributed by atoms with van der Waals surface area (Å²) >= 11 is 0. The number of hydrogen-bond acceptors (Lipinski definition) is 5. The number of aromatic nitrogens is 4. The molecule has 17 heavy (non-hydrogen) atoms. The van der Waals surface area contributed by atoms with Crippen molar-refractivity contribution in [2.24, 2.45) is 5.92 Å². The number of rotatable bonds is 3. The maximum Gasteiger partial charge on any atom is 0.182 e. The first kappa shape index (κ1) is 10.5. The lowest BCUT2D eigenvalue weighted by molar-refractivity contribution is 0.138. The van der Waals surface area contributed by atoms with Gasteiger partial charge >= 0.3 is 0 Å². The summed E-state index contributed by atoms with van der Waals surface area (Å²) in [6.45, 7) is 0.742. The average Bonchev–Trinajstić information content (AvgIpc) is 2.95. The van der Waals surface area contributed by atoms with E-state index in [-0.39, 0.29) is 6.10 Å². The SMILES string of the molecule is OC1CCCC1CNc1ncnc2nc[nH]c12. The molecule has 2 aromatic rings. The largest absolute Gasteiger partial charge is 0.393 e. The number of aliphatic hydroxyl groups is 1. The van der Waals surface area contributed by atoms with E-state index < -0.39 is 0 Å². The van der Waals surface area contributed by atoms with Crippen LogP contribution in [-0.4, -0.2) is 37.7 Å². The second-order valence-corrected chi connectivity index (χ2v) is 4.46. The van der Waals surface area contributed by atoms with E-state index >= 15 is 0 Å². The van der Waals surface area contributed by atoms with Gasteiger partial charge < -0.3 is 15.4 Å². The lowest BCUT2D eigenvalue weighted by Gasteiger charge is -2.15. The van der Waals surface area contributed by atoms with Gasteiger partial charge in [0.05, 0.1) is 12.4 Å². The van der Waals surface area contributed by atoms with Crippen molar-refractivity contribution in [2.45, 2.75) is 25.4 Å². The van der Waals surface area contributed by atoms with Crippen LogP contribution in [0.3, 0.4) is 0 Å². The molecule has 6 heteroatoms. The van der Waals surface area contributed by atoms with Crippen molar-refractivity contribution >= 4 is 17.0 Å². The van der Waals surface area contributed by atoms with Crippen LogP contribution in [0.1, 0.15) is 19.3 Å². The zero-order valence-corrected chi connectivity index (χ0v) is 9.43. The van der Waals surface area contributed by atoms with Crippen molar-refractivity contribution in [3.63, 3.8) is 0 Å². The Morgan fingerprint density at radius 2 is 2.29 bits per heavy atom. The summed E-state index contributed by atoms with van der Waals surface area (Å²) in [5, 5.41) is 13.0. The molecule has 0 bridgehead atoms. The van der Waals surface area contributed by atoms with Crippen molar-refractivity contribution < 1.29 is 5.11 Å². The Morgan fingerprint density at radius 3 is 3.12 bits per heavy atom. The average molecular weight is 233 g/mol. The van der Waals surface area contributed by atoms with Gasteiger partial charge in [0.1, 0.15) is 11.8 Å². The van der Waals surface area contributed by atoms with Crippen LogP contribution in [0.25, 0.3) is 11.2 Å². The van der Waals surface area contributed by atoms with Gasteiger partial charge in [-0.1, -0.05) is 6.42 Å². The third-order valence-corrected chi connectivity index (χ3v) is 3.37. The number of fused-ring (bicyclic) bond motifs is 1. The summed E-state index contributed by atoms with van der Waals surface area (Å²) in [4.78, 5) is 15.3. The molecule has 3 N–H and O–H groups in total. The second-order valence-electron chi connectivity index (χ2n) is 4.46. The first-order valence-corrected chi connectivity index (χ1v) is 5.90. The fraction of sp³-hybridized carbons (Fsp3) is 0.545. The monoisotopic (exact) mass is 233 g/mol. The maximum atomic E-state index is 9.75. The number of aromatic amines is 1. The molecule has 2 heterocycles. The topological polar surface area (TPSA) is 86.7 Å². The van der Waals surface area contributed by atoms with Gasteiger partial charge in [-0.15, -0.1) is 0 Å². The van der Waals surface area contributed by atoms with Crippen LogP contribution in [0.4, 0.5) is 5.82 Å². The molecule has 1 aliphatic carbocycles. The molecule has 0 radical (unpaired) electrons. The zero-order chi connectivity index (χ0) is 11.7. The van der Waals surface area contributed by atoms with Gasteiger partial charge in [0.25, 0.3) is 0 Å². The fourth-order valence-electron chi connectivity index (χ4n) is 2.38. The van der Waals surface area contributed by atoms with Gasteiger partial charge in [-0.05, 0) is 12.8 Å². The van der Waals surface area contributed by atoms with E-state index in [0.717, 1.165) is 37.1 Å². The molecule has 2 unspecified atom stereocenters. The number of hydrogen-bond donors (Lipinski definition) is 3. The normalized spacial score (nSPS) is 24.3. The summed E-state index contributed by atoms with van der Waals surface area (Å²) in [6.07, 6.45) is 6.02. The van der Waals surface area contributed by atoms with Crippen LogP contribution in [0.5, 0.6) is 0 Å². The summed E-state index contributed by atoms with van der Waals surface area (Å²) in [5.74, 6) is 1.08. The van der Waals surface area contributed by atoms with Gasteiger partial charge in [0.15, 0.2) is 11.5 Å². The van der Waals surface area contributed by atoms with E-state index in [1.165, 1.54) is 6.33 Å². The Morgan fingerprint density at radius 1 is 1.35 bits per heavy atom. The molecule has 0 spiro atoms. The van der Waals surface area contributed by atoms with E-state index in [1.54, 1.807) is 6.33 Å². The molecule has 0 amide bonds. The molecule has 3 rings (SSSR count). The Hall–Kier alpha value is -1.69. The van der Waals surface area contributed by atoms with Crippen molar-refractivity contribution in [1.82, 2.24) is 19.9 Å². The first-order chi connectivity index (χ1) is 8.34. The van der Waals surface area contributed by atoms with Gasteiger partial charge in [-0.3, -0.25) is 0 Å². The first-order valence-electron chi connectivity index (χ1n) is 5.90. The maximum absolute atomic E-state index is 9.75. The Labute approximate surface area is 98.5 Å². The van der Waals surface area contributed by atoms with E-state index in [9.17, 15) is 5.11 Å². The lowest BCUT2D eigenvalue weighted by Crippen LogP contribution is -2.22. The summed E-state index contributed by atoms with van der Waals surface area (Å²) in [7, 11) is 0. The number of nitrogens with zero attached hydrogens (tertiary/aromatic N) is 3. The lowest BCUT2D eigenvalue weighted by atomic mass is 10.1. The summed E-state index contributed by atoms with van der Waals surface area (Å²) in [6, 6.07) is 0. The standard InChI is InChI=1S/C11H15N5O/c17-8-3-1-2-7(8)4-12-10-9-11(14-5-13-9)16-6-15-10/h5-8,17H,1-4H2,(H2,12,13,14,15,16). The molecular formula is C11H15N5O. The summed E-state index contributed by atoms with van der Waals surface area (Å²) < 4.78 is 0. The number of anilines is 1. The van der Waals surface area contributed by atoms with Gasteiger partial charge in [0, 0.05) is 12.5 Å². The minimum absolute atomic E-state index is 0.179. The van der Waals surface area contributed by atoms with Crippen molar-refractivity contribution in [1.29, 1.82) is 0 Å². The van der Waals surface area contributed by atoms with Crippen LogP contribution in [0.15, 0.2) is 12.7 Å². The molecule has 90 valence electrons. The molecule has 2 atom stereocenters. The van der Waals surface area contributed by atoms with Crippen LogP contribution < -0.4 is 5.32 Å². The molecule has 1 fully saturated rings. The Kier molecular flexibility index (Phi) is 2.64. The van der Waals surface area contributed by atoms with Crippen molar-refractivity contribution in [2.75, 3.05) is 11.9 Å². The molecule has 0 aliphatic heterocycles. The number of aliphatic hydroxyl groups excluding tert-OH is 1. The highest BCUT2D eigenvalue weighted by molar-refractivity contribution is 5.81. The molecule has 1 saturated carbocycles. The van der Waals surface area contributed by atoms with E-state index in [1.807, 2.05) is 0 Å². The van der Waals surface area contributed by atoms with E-state index in [2.05, 4.69) is 25.3 Å². The highest BCUT2D eigenvalue weighted by Gasteiger charge is 2.25. The molecule has 1 aliphatic rings. The number of imidazole rings is 1. The summed E-state index contributed by atoms with van der Waals surface area (Å²) in [5.41, 5.74) is 1.48. The smallest absolute Gasteiger partial charge is 0.182 e. The molecule has 0 saturated heterocycles. The van der Waals surface area contributed by atoms with Gasteiger partial charge in [-0.2, -0.15) is 0 Å². The number of nitrogens with one attached hydrogen (secondary N) is 2. The van der Waals surface area contributed by atoms with Crippen molar-refractivity contribution in [3.8, 4) is 0 Å². The molecule has 6 nitrogen and oxygen atoms in total. The highest BCUT2D eigenvalue weighted by Crippen LogP contribution is 2.26. The van der Waals surface area contributed by atoms with E-state index in [4.69, 9.17) is 0 Å². The quantitative estimate of drug-likeness (QED) is 0.734. The van der Waals surface area contributed by atoms with E-state index in [0.29, 0.717) is 11.6 Å². The molecule has 0 aromatic carbocycles. The second kappa shape index (κ2) is 4.29. The predicted molar refractivity (Wildman–Crippen MR) is 63.5 cm³/mol. The third-order valence-electron chi connectivity index (χ3n) is 3.37. The van der Waals surface area contributed by atoms with Crippen molar-refractivity contribution in [3.05, 3.63) is 12.7 Å². The molecule has 2 aromatic heterocycles. The molecular weight excluding hydrogens is 218 g/mol. The number of H-pyrrole nitrogens is 1. The zero-order valence-electron chi connectivity index (χ0n) is 9.43. The van der Waals surface area contributed by atoms with Gasteiger partial charge in [-0.25, -0.2) is 15.0 Å². The Bertz CT molecular complexity index is 511. The minimum Gasteiger partial charge on any atom is -0.393 e. The third kappa shape index (κ3) is 1.95. The Balaban J connectivity index is 1.74.